The predicted octanol–water partition coefficient (Wildman–Crippen LogP) is 3.78. The first-order valence-corrected chi connectivity index (χ1v) is 5.71. The number of allylic oxidation sites excluding steroid dienone is 8. The molecule has 0 aromatic carbocycles. The zero-order chi connectivity index (χ0) is 10.8. The van der Waals surface area contributed by atoms with Crippen molar-refractivity contribution in [3.63, 3.8) is 0 Å². The van der Waals surface area contributed by atoms with Gasteiger partial charge in [-0.15, -0.1) is 32.2 Å². The molecule has 2 aliphatic rings. The van der Waals surface area contributed by atoms with Crippen LogP contribution in [0.5, 0.6) is 0 Å². The van der Waals surface area contributed by atoms with Crippen molar-refractivity contribution in [3.8, 4) is 0 Å². The summed E-state index contributed by atoms with van der Waals surface area (Å²) in [6.07, 6.45) is 16.2. The number of halogens is 1. The minimum atomic E-state index is 0. The van der Waals surface area contributed by atoms with Gasteiger partial charge in [0.25, 0.3) is 0 Å². The van der Waals surface area contributed by atoms with Gasteiger partial charge in [0.05, 0.1) is 0 Å². The van der Waals surface area contributed by atoms with E-state index in [4.69, 9.17) is 0 Å². The van der Waals surface area contributed by atoms with Crippen LogP contribution in [0.4, 0.5) is 0 Å². The summed E-state index contributed by atoms with van der Waals surface area (Å²) >= 11 is 1.75. The van der Waals surface area contributed by atoms with Crippen LogP contribution in [0.15, 0.2) is 35.5 Å². The summed E-state index contributed by atoms with van der Waals surface area (Å²) in [5, 5.41) is 0. The molecule has 0 aliphatic heterocycles. The Hall–Kier alpha value is -0.166. The molecule has 0 unspecified atom stereocenters. The Labute approximate surface area is 111 Å². The van der Waals surface area contributed by atoms with Crippen molar-refractivity contribution in [1.29, 1.82) is 0 Å². The van der Waals surface area contributed by atoms with Gasteiger partial charge in [-0.05, 0) is 0 Å². The van der Waals surface area contributed by atoms with Gasteiger partial charge in [-0.25, -0.2) is 23.8 Å². The molecule has 0 radical (unpaired) electrons. The summed E-state index contributed by atoms with van der Waals surface area (Å²) in [6, 6.07) is 0. The van der Waals surface area contributed by atoms with Gasteiger partial charge in [0.1, 0.15) is 0 Å². The average Bonchev–Trinajstić information content (AvgIpc) is 2.86. The van der Waals surface area contributed by atoms with E-state index in [1.54, 1.807) is 20.0 Å². The van der Waals surface area contributed by atoms with Crippen LogP contribution in [0.25, 0.3) is 0 Å². The Morgan fingerprint density at radius 1 is 1.27 bits per heavy atom. The molecule has 15 heavy (non-hydrogen) atoms. The quantitative estimate of drug-likeness (QED) is 0.457. The number of hydrogen-bond acceptors (Lipinski definition) is 0. The van der Waals surface area contributed by atoms with Gasteiger partial charge < -0.3 is 0 Å². The van der Waals surface area contributed by atoms with E-state index in [-0.39, 0.29) is 12.4 Å². The molecular weight excluding hydrogens is 239 g/mol. The average molecular weight is 257 g/mol. The molecule has 0 bridgehead atoms. The van der Waals surface area contributed by atoms with E-state index in [9.17, 15) is 0 Å². The second-order valence-electron chi connectivity index (χ2n) is 2.99. The van der Waals surface area contributed by atoms with Gasteiger partial charge in [-0.2, -0.15) is 11.6 Å². The van der Waals surface area contributed by atoms with Crippen LogP contribution in [-0.4, -0.2) is 4.82 Å². The summed E-state index contributed by atoms with van der Waals surface area (Å²) in [6.45, 7) is 4.27. The fourth-order valence-electron chi connectivity index (χ4n) is 0.960. The maximum absolute atomic E-state index is 3.25. The first-order valence-electron chi connectivity index (χ1n) is 4.61. The fourth-order valence-corrected chi connectivity index (χ4v) is 0.960. The Morgan fingerprint density at radius 3 is 2.07 bits per heavy atom. The van der Waals surface area contributed by atoms with Crippen LogP contribution in [0.1, 0.15) is 26.7 Å². The molecule has 0 aromatic rings. The molecule has 2 aliphatic carbocycles. The van der Waals surface area contributed by atoms with Gasteiger partial charge in [-0.3, -0.25) is 12.2 Å². The monoisotopic (exact) mass is 256 g/mol. The van der Waals surface area contributed by atoms with Gasteiger partial charge >= 0.3 is 24.8 Å². The molecule has 0 saturated heterocycles. The van der Waals surface area contributed by atoms with Crippen LogP contribution >= 0.6 is 12.4 Å². The van der Waals surface area contributed by atoms with E-state index >= 15 is 0 Å². The van der Waals surface area contributed by atoms with Crippen molar-refractivity contribution < 1.29 is 20.0 Å². The zero-order valence-electron chi connectivity index (χ0n) is 9.34. The molecule has 0 saturated carbocycles. The maximum atomic E-state index is 3.25. The van der Waals surface area contributed by atoms with Gasteiger partial charge in [-0.1, -0.05) is 6.92 Å². The number of rotatable bonds is 0. The first kappa shape index (κ1) is 17.2. The Balaban J connectivity index is 0. The number of hydrogen-bond donors (Lipinski definition) is 0. The molecule has 0 N–H and O–H groups in total. The van der Waals surface area contributed by atoms with Crippen LogP contribution in [0.3, 0.4) is 0 Å². The first-order chi connectivity index (χ1) is 6.80. The fraction of sp³-hybridized carbons (Fsp3) is 0.308. The van der Waals surface area contributed by atoms with Crippen molar-refractivity contribution >= 4 is 17.2 Å². The third-order valence-corrected chi connectivity index (χ3v) is 1.94. The molecule has 0 nitrogen and oxygen atoms in total. The van der Waals surface area contributed by atoms with E-state index in [2.05, 4.69) is 43.0 Å². The summed E-state index contributed by atoms with van der Waals surface area (Å²) in [7, 11) is 0. The van der Waals surface area contributed by atoms with Gasteiger partial charge in [0.15, 0.2) is 0 Å². The van der Waals surface area contributed by atoms with E-state index in [1.165, 1.54) is 11.1 Å². The molecule has 0 aromatic heterocycles. The third kappa shape index (κ3) is 8.80. The van der Waals surface area contributed by atoms with Crippen LogP contribution in [-0.2, 0) is 20.0 Å². The van der Waals surface area contributed by atoms with Crippen LogP contribution in [0.2, 0.25) is 0 Å². The Bertz CT molecular complexity index is 262. The van der Waals surface area contributed by atoms with Gasteiger partial charge in [0, 0.05) is 0 Å². The predicted molar refractivity (Wildman–Crippen MR) is 66.7 cm³/mol. The summed E-state index contributed by atoms with van der Waals surface area (Å²) < 4.78 is 0. The van der Waals surface area contributed by atoms with E-state index < -0.39 is 0 Å². The van der Waals surface area contributed by atoms with E-state index in [0.29, 0.717) is 0 Å². The molecule has 2 heteroatoms. The summed E-state index contributed by atoms with van der Waals surface area (Å²) in [4.78, 5) is 3.25. The molecule has 0 fully saturated rings. The molecule has 0 atom stereocenters. The van der Waals surface area contributed by atoms with E-state index in [0.717, 1.165) is 12.8 Å². The van der Waals surface area contributed by atoms with E-state index in [1.807, 2.05) is 12.2 Å². The molecule has 0 amide bonds. The van der Waals surface area contributed by atoms with Crippen LogP contribution < -0.4 is 0 Å². The topological polar surface area (TPSA) is 0 Å². The summed E-state index contributed by atoms with van der Waals surface area (Å²) in [5.41, 5.74) is 2.85. The zero-order valence-corrected chi connectivity index (χ0v) is 11.7. The van der Waals surface area contributed by atoms with Gasteiger partial charge in [0.2, 0.25) is 0 Å². The van der Waals surface area contributed by atoms with Crippen molar-refractivity contribution in [2.45, 2.75) is 26.7 Å². The molecule has 0 heterocycles. The Kier molecular flexibility index (Phi) is 13.7. The minimum absolute atomic E-state index is 0. The van der Waals surface area contributed by atoms with Crippen molar-refractivity contribution in [2.75, 3.05) is 0 Å². The molecular formula is C13H17ClTi. The molecule has 0 spiro atoms. The second kappa shape index (κ2) is 11.9. The third-order valence-electron chi connectivity index (χ3n) is 1.94. The molecule has 80 valence electrons. The van der Waals surface area contributed by atoms with Crippen molar-refractivity contribution in [3.05, 3.63) is 47.6 Å². The standard InChI is InChI=1S/C7H9.C5H5.CH2.ClH.Ti/c1-6-4-3-5-7(6)2;1-2-4-5-3-1;;;/h4H,5H2,1-2H3;1-3H,4H2;1H2;1H;/q2*-1;;;+2. The second-order valence-corrected chi connectivity index (χ2v) is 2.99. The molecule has 2 rings (SSSR count). The summed E-state index contributed by atoms with van der Waals surface area (Å²) in [5.74, 6) is 0. The SMILES string of the molecule is CC1=C(C)C[C-]=C1.Cl.[C-]1=CC=CC1.[CH2]=[Ti+2]. The normalized spacial score (nSPS) is 15.2. The van der Waals surface area contributed by atoms with Crippen molar-refractivity contribution in [1.82, 2.24) is 0 Å². The Morgan fingerprint density at radius 2 is 1.93 bits per heavy atom. The van der Waals surface area contributed by atoms with Crippen molar-refractivity contribution in [2.24, 2.45) is 0 Å². The van der Waals surface area contributed by atoms with Crippen LogP contribution in [0, 0.1) is 12.2 Å².